The van der Waals surface area contributed by atoms with E-state index in [4.69, 9.17) is 0 Å². The molecule has 4 rings (SSSR count). The number of carbonyl (C=O) groups excluding carboxylic acids is 1. The first kappa shape index (κ1) is 20.5. The van der Waals surface area contributed by atoms with Gasteiger partial charge in [0, 0.05) is 58.8 Å². The Morgan fingerprint density at radius 2 is 1.10 bits per heavy atom. The second kappa shape index (κ2) is 7.16. The largest absolute Gasteiger partial charge is 0.344 e. The Morgan fingerprint density at radius 3 is 1.47 bits per heavy atom. The number of carbonyl (C=O) groups is 1. The number of nitrogens with zero attached hydrogens (tertiary/aromatic N) is 2. The van der Waals surface area contributed by atoms with Gasteiger partial charge >= 0.3 is 0 Å². The molecule has 0 atom stereocenters. The molecule has 156 valence electrons. The van der Waals surface area contributed by atoms with Crippen molar-refractivity contribution in [2.24, 2.45) is 0 Å². The Hall–Kier alpha value is -2.81. The van der Waals surface area contributed by atoms with E-state index in [1.165, 1.54) is 22.5 Å². The molecular weight excluding hydrogens is 368 g/mol. The number of benzene rings is 2. The van der Waals surface area contributed by atoms with Gasteiger partial charge in [-0.2, -0.15) is 0 Å². The van der Waals surface area contributed by atoms with Gasteiger partial charge in [0.05, 0.1) is 0 Å². The maximum absolute atomic E-state index is 13.3. The average Bonchev–Trinajstić information content (AvgIpc) is 3.07. The molecule has 0 bridgehead atoms. The van der Waals surface area contributed by atoms with Gasteiger partial charge in [-0.05, 0) is 37.1 Å². The van der Waals surface area contributed by atoms with Crippen molar-refractivity contribution in [3.8, 4) is 0 Å². The summed E-state index contributed by atoms with van der Waals surface area (Å²) in [5.74, 6) is 0.0543. The van der Waals surface area contributed by atoms with Crippen LogP contribution in [0.1, 0.15) is 52.7 Å². The van der Waals surface area contributed by atoms with Crippen molar-refractivity contribution in [2.75, 3.05) is 22.9 Å². The number of fused-ring (bicyclic) bond motifs is 2. The number of hydrogen-bond donors (Lipinski definition) is 0. The van der Waals surface area contributed by atoms with E-state index in [0.29, 0.717) is 0 Å². The summed E-state index contributed by atoms with van der Waals surface area (Å²) in [5.41, 5.74) is 6.73. The molecular formula is C27H32N2O. The molecule has 0 aliphatic carbocycles. The first-order valence-electron chi connectivity index (χ1n) is 11.0. The van der Waals surface area contributed by atoms with E-state index in [9.17, 15) is 4.79 Å². The molecule has 0 N–H and O–H groups in total. The summed E-state index contributed by atoms with van der Waals surface area (Å²) in [6, 6.07) is 17.0. The van der Waals surface area contributed by atoms with E-state index >= 15 is 0 Å². The zero-order valence-corrected chi connectivity index (χ0v) is 19.0. The molecule has 0 radical (unpaired) electrons. The third-order valence-corrected chi connectivity index (χ3v) is 6.79. The van der Waals surface area contributed by atoms with Gasteiger partial charge in [-0.1, -0.05) is 64.1 Å². The third kappa shape index (κ3) is 2.91. The molecule has 3 heteroatoms. The van der Waals surface area contributed by atoms with Crippen LogP contribution < -0.4 is 9.80 Å². The molecule has 0 fully saturated rings. The zero-order chi connectivity index (χ0) is 21.7. The molecule has 30 heavy (non-hydrogen) atoms. The molecule has 0 saturated heterocycles. The SMILES string of the molecule is CCN1/C(=C/C(=O)/C=C2/N(CC)c3ccccc3C2(C)C)C(C)(C)c2ccccc21. The molecule has 2 aromatic carbocycles. The van der Waals surface area contributed by atoms with Crippen LogP contribution in [0.3, 0.4) is 0 Å². The number of allylic oxidation sites excluding steroid dienone is 4. The summed E-state index contributed by atoms with van der Waals surface area (Å²) in [6.45, 7) is 14.8. The zero-order valence-electron chi connectivity index (χ0n) is 19.0. The van der Waals surface area contributed by atoms with Gasteiger partial charge < -0.3 is 9.80 Å². The number of hydrogen-bond acceptors (Lipinski definition) is 3. The maximum atomic E-state index is 13.3. The molecule has 0 amide bonds. The van der Waals surface area contributed by atoms with Gasteiger partial charge in [0.15, 0.2) is 5.78 Å². The molecule has 0 unspecified atom stereocenters. The van der Waals surface area contributed by atoms with E-state index in [1.807, 2.05) is 12.2 Å². The fourth-order valence-corrected chi connectivity index (χ4v) is 5.19. The van der Waals surface area contributed by atoms with Crippen molar-refractivity contribution in [1.29, 1.82) is 0 Å². The quantitative estimate of drug-likeness (QED) is 0.592. The lowest BCUT2D eigenvalue weighted by atomic mass is 9.82. The van der Waals surface area contributed by atoms with Crippen LogP contribution >= 0.6 is 0 Å². The Bertz CT molecular complexity index is 975. The third-order valence-electron chi connectivity index (χ3n) is 6.79. The van der Waals surface area contributed by atoms with Crippen LogP contribution in [0.4, 0.5) is 11.4 Å². The summed E-state index contributed by atoms with van der Waals surface area (Å²) in [7, 11) is 0. The summed E-state index contributed by atoms with van der Waals surface area (Å²) in [5, 5.41) is 0. The Balaban J connectivity index is 1.76. The van der Waals surface area contributed by atoms with Gasteiger partial charge in [0.2, 0.25) is 0 Å². The Labute approximate surface area is 180 Å². The van der Waals surface area contributed by atoms with Gasteiger partial charge in [0.25, 0.3) is 0 Å². The highest BCUT2D eigenvalue weighted by molar-refractivity contribution is 6.02. The minimum Gasteiger partial charge on any atom is -0.344 e. The van der Waals surface area contributed by atoms with E-state index in [1.54, 1.807) is 0 Å². The van der Waals surface area contributed by atoms with E-state index in [2.05, 4.69) is 99.9 Å². The van der Waals surface area contributed by atoms with Crippen molar-refractivity contribution in [2.45, 2.75) is 52.4 Å². The molecule has 0 aromatic heterocycles. The summed E-state index contributed by atoms with van der Waals surface area (Å²) in [6.07, 6.45) is 3.70. The Kier molecular flexibility index (Phi) is 4.88. The van der Waals surface area contributed by atoms with Crippen LogP contribution in [-0.4, -0.2) is 18.9 Å². The first-order chi connectivity index (χ1) is 14.2. The summed E-state index contributed by atoms with van der Waals surface area (Å²) >= 11 is 0. The van der Waals surface area contributed by atoms with Gasteiger partial charge in [0.1, 0.15) is 0 Å². The lowest BCUT2D eigenvalue weighted by Crippen LogP contribution is -2.28. The molecule has 2 aliphatic heterocycles. The molecule has 0 saturated carbocycles. The predicted molar refractivity (Wildman–Crippen MR) is 126 cm³/mol. The lowest BCUT2D eigenvalue weighted by molar-refractivity contribution is -0.110. The molecule has 3 nitrogen and oxygen atoms in total. The normalized spacial score (nSPS) is 21.3. The van der Waals surface area contributed by atoms with E-state index in [0.717, 1.165) is 24.5 Å². The number of para-hydroxylation sites is 2. The summed E-state index contributed by atoms with van der Waals surface area (Å²) in [4.78, 5) is 17.9. The van der Waals surface area contributed by atoms with Crippen LogP contribution in [0.5, 0.6) is 0 Å². The smallest absolute Gasteiger partial charge is 0.182 e. The van der Waals surface area contributed by atoms with Gasteiger partial charge in [-0.3, -0.25) is 4.79 Å². The van der Waals surface area contributed by atoms with Crippen molar-refractivity contribution in [3.05, 3.63) is 83.2 Å². The molecule has 0 spiro atoms. The highest BCUT2D eigenvalue weighted by Crippen LogP contribution is 2.49. The van der Waals surface area contributed by atoms with Crippen molar-refractivity contribution >= 4 is 17.2 Å². The monoisotopic (exact) mass is 400 g/mol. The van der Waals surface area contributed by atoms with E-state index in [-0.39, 0.29) is 16.6 Å². The highest BCUT2D eigenvalue weighted by atomic mass is 16.1. The van der Waals surface area contributed by atoms with Gasteiger partial charge in [-0.15, -0.1) is 0 Å². The second-order valence-corrected chi connectivity index (χ2v) is 9.23. The summed E-state index contributed by atoms with van der Waals surface area (Å²) < 4.78 is 0. The average molecular weight is 401 g/mol. The van der Waals surface area contributed by atoms with Crippen LogP contribution in [0.2, 0.25) is 0 Å². The van der Waals surface area contributed by atoms with Gasteiger partial charge in [-0.25, -0.2) is 0 Å². The number of anilines is 2. The topological polar surface area (TPSA) is 23.6 Å². The second-order valence-electron chi connectivity index (χ2n) is 9.23. The minimum atomic E-state index is -0.195. The fraction of sp³-hybridized carbons (Fsp3) is 0.370. The highest BCUT2D eigenvalue weighted by Gasteiger charge is 2.41. The van der Waals surface area contributed by atoms with Crippen LogP contribution in [0.15, 0.2) is 72.1 Å². The van der Waals surface area contributed by atoms with Crippen LogP contribution in [-0.2, 0) is 15.6 Å². The number of likely N-dealkylation sites (N-methyl/N-ethyl adjacent to an activating group) is 2. The van der Waals surface area contributed by atoms with Crippen molar-refractivity contribution < 1.29 is 4.79 Å². The lowest BCUT2D eigenvalue weighted by Gasteiger charge is -2.27. The standard InChI is InChI=1S/C27H32N2O/c1-7-28-22-15-11-9-13-20(22)26(3,4)24(28)17-19(30)18-25-27(5,6)21-14-10-12-16-23(21)29(25)8-2/h9-18H,7-8H2,1-6H3/b24-17+,25-18+. The molecule has 2 aliphatic rings. The number of rotatable bonds is 4. The van der Waals surface area contributed by atoms with Crippen LogP contribution in [0, 0.1) is 0 Å². The van der Waals surface area contributed by atoms with Crippen molar-refractivity contribution in [1.82, 2.24) is 0 Å². The molecule has 2 heterocycles. The fourth-order valence-electron chi connectivity index (χ4n) is 5.19. The van der Waals surface area contributed by atoms with Crippen LogP contribution in [0.25, 0.3) is 0 Å². The Morgan fingerprint density at radius 1 is 0.733 bits per heavy atom. The first-order valence-corrected chi connectivity index (χ1v) is 11.0. The van der Waals surface area contributed by atoms with Crippen molar-refractivity contribution in [3.63, 3.8) is 0 Å². The molecule has 2 aromatic rings. The predicted octanol–water partition coefficient (Wildman–Crippen LogP) is 5.96. The number of ketones is 1. The maximum Gasteiger partial charge on any atom is 0.182 e. The minimum absolute atomic E-state index is 0.0543. The van der Waals surface area contributed by atoms with E-state index < -0.39 is 0 Å².